The monoisotopic (exact) mass is 1420 g/mol. The van der Waals surface area contributed by atoms with Crippen molar-refractivity contribution in [1.29, 1.82) is 0 Å². The number of phosphoric acid groups is 2. The standard InChI is InChI=1S/C78H152O17P2/c1-8-10-11-42-52-59-75(80)88-65-73(94-77(82)61-55-48-41-35-29-23-22-25-31-37-44-50-57-70(5)6)67-92-96(84,85)90-63-72(79)64-91-97(86,87)93-68-74(66-89-76(81)60-53-46-39-33-27-20-17-16-19-26-32-38-45-51-58-71(7)9-2)95-78(83)62-54-47-40-34-28-21-15-13-12-14-18-24-30-36-43-49-56-69(3)4/h69-74,79H,8-68H2,1-7H3,(H,84,85)(H,86,87)/t71?,72-,73+,74+/m0/s1. The summed E-state index contributed by atoms with van der Waals surface area (Å²) in [7, 11) is -9.91. The van der Waals surface area contributed by atoms with Crippen LogP contribution in [-0.4, -0.2) is 96.7 Å². The molecule has 0 aliphatic carbocycles. The van der Waals surface area contributed by atoms with Crippen molar-refractivity contribution in [3.8, 4) is 0 Å². The second-order valence-corrected chi connectivity index (χ2v) is 32.2. The SMILES string of the molecule is CCCCCCCC(=O)OC[C@H](COP(=O)(O)OC[C@H](O)COP(=O)(O)OC[C@@H](COC(=O)CCCCCCCCCCCCCCCCC(C)CC)OC(=O)CCCCCCCCCCCCCCCCCCC(C)C)OC(=O)CCCCCCCCCCCCCCC(C)C. The Labute approximate surface area is 594 Å². The predicted molar refractivity (Wildman–Crippen MR) is 395 cm³/mol. The average Bonchev–Trinajstić information content (AvgIpc) is 2.14. The summed E-state index contributed by atoms with van der Waals surface area (Å²) < 4.78 is 68.4. The Morgan fingerprint density at radius 2 is 0.526 bits per heavy atom. The normalized spacial score (nSPS) is 14.3. The van der Waals surface area contributed by atoms with Crippen molar-refractivity contribution in [2.75, 3.05) is 39.6 Å². The Hall–Kier alpha value is -1.94. The van der Waals surface area contributed by atoms with Crippen LogP contribution >= 0.6 is 15.6 Å². The summed E-state index contributed by atoms with van der Waals surface area (Å²) >= 11 is 0. The van der Waals surface area contributed by atoms with Gasteiger partial charge in [-0.2, -0.15) is 0 Å². The highest BCUT2D eigenvalue weighted by Crippen LogP contribution is 2.45. The van der Waals surface area contributed by atoms with Gasteiger partial charge in [0.25, 0.3) is 0 Å². The van der Waals surface area contributed by atoms with E-state index in [-0.39, 0.29) is 25.7 Å². The molecule has 0 saturated carbocycles. The van der Waals surface area contributed by atoms with Crippen LogP contribution in [0, 0.1) is 17.8 Å². The van der Waals surface area contributed by atoms with Crippen LogP contribution in [0.15, 0.2) is 0 Å². The van der Waals surface area contributed by atoms with Gasteiger partial charge in [0.15, 0.2) is 12.2 Å². The average molecular weight is 1420 g/mol. The van der Waals surface area contributed by atoms with E-state index in [0.29, 0.717) is 25.7 Å². The van der Waals surface area contributed by atoms with Gasteiger partial charge in [0.1, 0.15) is 19.3 Å². The minimum absolute atomic E-state index is 0.106. The maximum Gasteiger partial charge on any atom is 0.472 e. The van der Waals surface area contributed by atoms with Crippen LogP contribution in [0.4, 0.5) is 0 Å². The molecule has 0 fully saturated rings. The number of unbranched alkanes of at least 4 members (excludes halogenated alkanes) is 43. The molecule has 0 aliphatic rings. The summed E-state index contributed by atoms with van der Waals surface area (Å²) in [5.74, 6) is 0.311. The van der Waals surface area contributed by atoms with Crippen molar-refractivity contribution < 1.29 is 80.2 Å². The summed E-state index contributed by atoms with van der Waals surface area (Å²) in [6, 6.07) is 0. The van der Waals surface area contributed by atoms with Gasteiger partial charge in [-0.25, -0.2) is 9.13 Å². The van der Waals surface area contributed by atoms with Gasteiger partial charge in [0.2, 0.25) is 0 Å². The molecule has 3 N–H and O–H groups in total. The Bertz CT molecular complexity index is 1890. The van der Waals surface area contributed by atoms with Gasteiger partial charge in [0, 0.05) is 25.7 Å². The molecular formula is C78H152O17P2. The second kappa shape index (κ2) is 68.5. The molecule has 0 radical (unpaired) electrons. The highest BCUT2D eigenvalue weighted by molar-refractivity contribution is 7.47. The number of carbonyl (C=O) groups excluding carboxylic acids is 4. The molecule has 0 rings (SSSR count). The van der Waals surface area contributed by atoms with Gasteiger partial charge in [-0.3, -0.25) is 37.3 Å². The summed E-state index contributed by atoms with van der Waals surface area (Å²) in [5, 5.41) is 10.6. The number of aliphatic hydroxyl groups is 1. The van der Waals surface area contributed by atoms with Gasteiger partial charge < -0.3 is 33.8 Å². The van der Waals surface area contributed by atoms with Crippen molar-refractivity contribution in [1.82, 2.24) is 0 Å². The molecule has 0 aromatic heterocycles. The number of ether oxygens (including phenoxy) is 4. The number of phosphoric ester groups is 2. The molecule has 17 nitrogen and oxygen atoms in total. The number of esters is 4. The third kappa shape index (κ3) is 70.9. The molecule has 0 aliphatic heterocycles. The van der Waals surface area contributed by atoms with E-state index in [2.05, 4.69) is 48.5 Å². The molecule has 576 valence electrons. The van der Waals surface area contributed by atoms with Gasteiger partial charge in [0.05, 0.1) is 26.4 Å². The van der Waals surface area contributed by atoms with E-state index < -0.39 is 97.5 Å². The Kier molecular flexibility index (Phi) is 67.1. The minimum Gasteiger partial charge on any atom is -0.462 e. The zero-order valence-electron chi connectivity index (χ0n) is 63.5. The summed E-state index contributed by atoms with van der Waals surface area (Å²) in [5.41, 5.74) is 0. The highest BCUT2D eigenvalue weighted by Gasteiger charge is 2.30. The molecule has 19 heteroatoms. The minimum atomic E-state index is -4.96. The van der Waals surface area contributed by atoms with E-state index in [1.54, 1.807) is 0 Å². The molecule has 0 bridgehead atoms. The summed E-state index contributed by atoms with van der Waals surface area (Å²) in [6.45, 7) is 11.9. The summed E-state index contributed by atoms with van der Waals surface area (Å²) in [6.07, 6.45) is 55.8. The number of hydrogen-bond acceptors (Lipinski definition) is 15. The molecule has 6 atom stereocenters. The van der Waals surface area contributed by atoms with Gasteiger partial charge in [-0.05, 0) is 43.4 Å². The zero-order valence-corrected chi connectivity index (χ0v) is 65.3. The molecular weight excluding hydrogens is 1270 g/mol. The molecule has 3 unspecified atom stereocenters. The van der Waals surface area contributed by atoms with Crippen LogP contribution in [0.1, 0.15) is 402 Å². The number of aliphatic hydroxyl groups excluding tert-OH is 1. The quantitative estimate of drug-likeness (QED) is 0.0222. The van der Waals surface area contributed by atoms with Gasteiger partial charge in [-0.1, -0.05) is 350 Å². The van der Waals surface area contributed by atoms with Crippen molar-refractivity contribution >= 4 is 39.5 Å². The first-order valence-electron chi connectivity index (χ1n) is 40.4. The first-order valence-corrected chi connectivity index (χ1v) is 43.4. The maximum atomic E-state index is 13.1. The van der Waals surface area contributed by atoms with Crippen molar-refractivity contribution in [3.05, 3.63) is 0 Å². The molecule has 97 heavy (non-hydrogen) atoms. The maximum absolute atomic E-state index is 13.1. The lowest BCUT2D eigenvalue weighted by Gasteiger charge is -2.21. The van der Waals surface area contributed by atoms with E-state index in [1.165, 1.54) is 205 Å². The van der Waals surface area contributed by atoms with Gasteiger partial charge in [-0.15, -0.1) is 0 Å². The van der Waals surface area contributed by atoms with E-state index in [1.807, 2.05) is 0 Å². The van der Waals surface area contributed by atoms with Crippen LogP contribution in [0.2, 0.25) is 0 Å². The fraction of sp³-hybridized carbons (Fsp3) is 0.949. The van der Waals surface area contributed by atoms with Crippen LogP contribution in [0.3, 0.4) is 0 Å². The van der Waals surface area contributed by atoms with Gasteiger partial charge >= 0.3 is 39.5 Å². The highest BCUT2D eigenvalue weighted by atomic mass is 31.2. The molecule has 0 spiro atoms. The number of hydrogen-bond donors (Lipinski definition) is 3. The molecule has 0 saturated heterocycles. The second-order valence-electron chi connectivity index (χ2n) is 29.3. The topological polar surface area (TPSA) is 237 Å². The van der Waals surface area contributed by atoms with E-state index in [4.69, 9.17) is 37.0 Å². The van der Waals surface area contributed by atoms with Crippen molar-refractivity contribution in [2.24, 2.45) is 17.8 Å². The van der Waals surface area contributed by atoms with Crippen LogP contribution < -0.4 is 0 Å². The first-order chi connectivity index (χ1) is 46.8. The third-order valence-electron chi connectivity index (χ3n) is 18.5. The smallest absolute Gasteiger partial charge is 0.462 e. The fourth-order valence-electron chi connectivity index (χ4n) is 11.9. The van der Waals surface area contributed by atoms with E-state index >= 15 is 0 Å². The van der Waals surface area contributed by atoms with Crippen LogP contribution in [-0.2, 0) is 65.4 Å². The third-order valence-corrected chi connectivity index (χ3v) is 20.4. The Balaban J connectivity index is 5.14. The Morgan fingerprint density at radius 3 is 0.784 bits per heavy atom. The van der Waals surface area contributed by atoms with Crippen molar-refractivity contribution in [2.45, 2.75) is 420 Å². The Morgan fingerprint density at radius 1 is 0.299 bits per heavy atom. The molecule has 0 aromatic carbocycles. The fourth-order valence-corrected chi connectivity index (χ4v) is 13.5. The first kappa shape index (κ1) is 95.1. The summed E-state index contributed by atoms with van der Waals surface area (Å²) in [4.78, 5) is 72.6. The lowest BCUT2D eigenvalue weighted by molar-refractivity contribution is -0.161. The van der Waals surface area contributed by atoms with Crippen LogP contribution in [0.25, 0.3) is 0 Å². The lowest BCUT2D eigenvalue weighted by atomic mass is 9.99. The zero-order chi connectivity index (χ0) is 71.6. The lowest BCUT2D eigenvalue weighted by Crippen LogP contribution is -2.30. The van der Waals surface area contributed by atoms with E-state index in [0.717, 1.165) is 114 Å². The number of rotatable bonds is 76. The van der Waals surface area contributed by atoms with Crippen LogP contribution in [0.5, 0.6) is 0 Å². The predicted octanol–water partition coefficient (Wildman–Crippen LogP) is 23.0. The number of carbonyl (C=O) groups is 4. The molecule has 0 amide bonds. The van der Waals surface area contributed by atoms with Crippen molar-refractivity contribution in [3.63, 3.8) is 0 Å². The largest absolute Gasteiger partial charge is 0.472 e. The van der Waals surface area contributed by atoms with E-state index in [9.17, 15) is 43.2 Å². The molecule has 0 aromatic rings. The molecule has 0 heterocycles.